The number of likely N-dealkylation sites (tertiary alicyclic amines) is 1. The number of carbonyl (C=O) groups is 1. The summed E-state index contributed by atoms with van der Waals surface area (Å²) in [6, 6.07) is 0.436. The molecule has 0 spiro atoms. The van der Waals surface area contributed by atoms with E-state index in [1.807, 2.05) is 6.92 Å². The molecule has 1 saturated heterocycles. The van der Waals surface area contributed by atoms with Gasteiger partial charge >= 0.3 is 0 Å². The van der Waals surface area contributed by atoms with Crippen molar-refractivity contribution in [2.45, 2.75) is 51.7 Å². The van der Waals surface area contributed by atoms with Crippen molar-refractivity contribution in [1.29, 1.82) is 0 Å². The maximum absolute atomic E-state index is 11.0. The van der Waals surface area contributed by atoms with Gasteiger partial charge in [-0.1, -0.05) is 0 Å². The standard InChI is InChI=1S/C11H21NO2/c1-9(13)5-7-12-6-3-4-11(12)8-10(2)14/h9,11,13H,3-8H2,1-2H3. The number of hydrogen-bond donors (Lipinski definition) is 1. The topological polar surface area (TPSA) is 40.5 Å². The highest BCUT2D eigenvalue weighted by Gasteiger charge is 2.25. The normalized spacial score (nSPS) is 25.2. The van der Waals surface area contributed by atoms with Gasteiger partial charge in [-0.15, -0.1) is 0 Å². The van der Waals surface area contributed by atoms with E-state index in [0.29, 0.717) is 12.5 Å². The Morgan fingerprint density at radius 1 is 1.64 bits per heavy atom. The van der Waals surface area contributed by atoms with Gasteiger partial charge in [-0.2, -0.15) is 0 Å². The second kappa shape index (κ2) is 5.47. The van der Waals surface area contributed by atoms with Crippen LogP contribution in [0.25, 0.3) is 0 Å². The number of carbonyl (C=O) groups excluding carboxylic acids is 1. The minimum absolute atomic E-state index is 0.228. The Kier molecular flexibility index (Phi) is 4.55. The zero-order valence-electron chi connectivity index (χ0n) is 9.20. The molecule has 3 nitrogen and oxygen atoms in total. The molecule has 0 aromatic carbocycles. The molecule has 82 valence electrons. The number of Topliss-reactive ketones (excluding diaryl/α,β-unsaturated/α-hetero) is 1. The van der Waals surface area contributed by atoms with Crippen LogP contribution < -0.4 is 0 Å². The fraction of sp³-hybridized carbons (Fsp3) is 0.909. The number of nitrogens with zero attached hydrogens (tertiary/aromatic N) is 1. The van der Waals surface area contributed by atoms with E-state index in [9.17, 15) is 9.90 Å². The highest BCUT2D eigenvalue weighted by molar-refractivity contribution is 5.76. The maximum Gasteiger partial charge on any atom is 0.131 e. The predicted octanol–water partition coefficient (Wildman–Crippen LogP) is 1.20. The van der Waals surface area contributed by atoms with Crippen LogP contribution in [0.2, 0.25) is 0 Å². The van der Waals surface area contributed by atoms with E-state index in [1.54, 1.807) is 6.92 Å². The summed E-state index contributed by atoms with van der Waals surface area (Å²) >= 11 is 0. The molecule has 3 heteroatoms. The first kappa shape index (κ1) is 11.7. The Bertz CT molecular complexity index is 192. The van der Waals surface area contributed by atoms with E-state index in [2.05, 4.69) is 4.90 Å². The van der Waals surface area contributed by atoms with E-state index >= 15 is 0 Å². The largest absolute Gasteiger partial charge is 0.393 e. The van der Waals surface area contributed by atoms with Gasteiger partial charge in [0.05, 0.1) is 6.10 Å². The maximum atomic E-state index is 11.0. The fourth-order valence-electron chi connectivity index (χ4n) is 2.11. The molecule has 1 rings (SSSR count). The van der Waals surface area contributed by atoms with Crippen molar-refractivity contribution < 1.29 is 9.90 Å². The lowest BCUT2D eigenvalue weighted by molar-refractivity contribution is -0.118. The molecule has 1 heterocycles. The molecule has 2 unspecified atom stereocenters. The number of rotatable bonds is 5. The minimum Gasteiger partial charge on any atom is -0.393 e. The van der Waals surface area contributed by atoms with Crippen LogP contribution in [-0.2, 0) is 4.79 Å². The summed E-state index contributed by atoms with van der Waals surface area (Å²) in [4.78, 5) is 13.3. The molecular weight excluding hydrogens is 178 g/mol. The van der Waals surface area contributed by atoms with Gasteiger partial charge < -0.3 is 5.11 Å². The zero-order valence-corrected chi connectivity index (χ0v) is 9.20. The van der Waals surface area contributed by atoms with Crippen LogP contribution in [0.5, 0.6) is 0 Å². The molecule has 0 aliphatic carbocycles. The second-order valence-electron chi connectivity index (χ2n) is 4.38. The lowest BCUT2D eigenvalue weighted by Crippen LogP contribution is -2.33. The third kappa shape index (κ3) is 3.76. The first-order valence-electron chi connectivity index (χ1n) is 5.51. The van der Waals surface area contributed by atoms with Crippen LogP contribution in [0.3, 0.4) is 0 Å². The van der Waals surface area contributed by atoms with Crippen molar-refractivity contribution in [3.8, 4) is 0 Å². The SMILES string of the molecule is CC(=O)CC1CCCN1CCC(C)O. The van der Waals surface area contributed by atoms with Gasteiger partial charge in [-0.3, -0.25) is 9.69 Å². The van der Waals surface area contributed by atoms with Gasteiger partial charge in [0.15, 0.2) is 0 Å². The van der Waals surface area contributed by atoms with E-state index in [0.717, 1.165) is 25.9 Å². The number of aliphatic hydroxyl groups excluding tert-OH is 1. The van der Waals surface area contributed by atoms with E-state index in [-0.39, 0.29) is 11.9 Å². The molecule has 0 aromatic heterocycles. The van der Waals surface area contributed by atoms with Gasteiger partial charge in [0, 0.05) is 19.0 Å². The molecule has 1 aliphatic rings. The lowest BCUT2D eigenvalue weighted by atomic mass is 10.1. The average molecular weight is 199 g/mol. The van der Waals surface area contributed by atoms with Gasteiger partial charge in [-0.25, -0.2) is 0 Å². The van der Waals surface area contributed by atoms with Crippen LogP contribution >= 0.6 is 0 Å². The summed E-state index contributed by atoms with van der Waals surface area (Å²) < 4.78 is 0. The number of ketones is 1. The summed E-state index contributed by atoms with van der Waals surface area (Å²) in [5.41, 5.74) is 0. The van der Waals surface area contributed by atoms with E-state index in [4.69, 9.17) is 0 Å². The van der Waals surface area contributed by atoms with Crippen LogP contribution in [0.1, 0.15) is 39.5 Å². The van der Waals surface area contributed by atoms with Crippen molar-refractivity contribution in [2.24, 2.45) is 0 Å². The average Bonchev–Trinajstić information content (AvgIpc) is 2.47. The lowest BCUT2D eigenvalue weighted by Gasteiger charge is -2.23. The Morgan fingerprint density at radius 3 is 2.93 bits per heavy atom. The summed E-state index contributed by atoms with van der Waals surface area (Å²) in [7, 11) is 0. The third-order valence-corrected chi connectivity index (χ3v) is 2.86. The van der Waals surface area contributed by atoms with Gasteiger partial charge in [0.25, 0.3) is 0 Å². The van der Waals surface area contributed by atoms with Gasteiger partial charge in [-0.05, 0) is 39.7 Å². The van der Waals surface area contributed by atoms with Crippen molar-refractivity contribution >= 4 is 5.78 Å². The van der Waals surface area contributed by atoms with E-state index in [1.165, 1.54) is 6.42 Å². The molecule has 2 atom stereocenters. The van der Waals surface area contributed by atoms with Crippen molar-refractivity contribution in [3.63, 3.8) is 0 Å². The monoisotopic (exact) mass is 199 g/mol. The molecule has 0 amide bonds. The Balaban J connectivity index is 2.31. The molecule has 0 bridgehead atoms. The van der Waals surface area contributed by atoms with Crippen molar-refractivity contribution in [3.05, 3.63) is 0 Å². The first-order chi connectivity index (χ1) is 6.59. The minimum atomic E-state index is -0.228. The second-order valence-corrected chi connectivity index (χ2v) is 4.38. The van der Waals surface area contributed by atoms with Crippen LogP contribution in [-0.4, -0.2) is 41.0 Å². The predicted molar refractivity (Wildman–Crippen MR) is 56.2 cm³/mol. The Hall–Kier alpha value is -0.410. The first-order valence-corrected chi connectivity index (χ1v) is 5.51. The van der Waals surface area contributed by atoms with Crippen molar-refractivity contribution in [1.82, 2.24) is 4.90 Å². The molecule has 0 aromatic rings. The third-order valence-electron chi connectivity index (χ3n) is 2.86. The van der Waals surface area contributed by atoms with Crippen molar-refractivity contribution in [2.75, 3.05) is 13.1 Å². The van der Waals surface area contributed by atoms with E-state index < -0.39 is 0 Å². The fourth-order valence-corrected chi connectivity index (χ4v) is 2.11. The van der Waals surface area contributed by atoms with Crippen LogP contribution in [0, 0.1) is 0 Å². The Morgan fingerprint density at radius 2 is 2.36 bits per heavy atom. The molecule has 1 fully saturated rings. The summed E-state index contributed by atoms with van der Waals surface area (Å²) in [6.45, 7) is 5.49. The van der Waals surface area contributed by atoms with Crippen LogP contribution in [0.4, 0.5) is 0 Å². The molecule has 0 radical (unpaired) electrons. The van der Waals surface area contributed by atoms with Gasteiger partial charge in [0.1, 0.15) is 5.78 Å². The molecule has 0 saturated carbocycles. The smallest absolute Gasteiger partial charge is 0.131 e. The number of aliphatic hydroxyl groups is 1. The van der Waals surface area contributed by atoms with Gasteiger partial charge in [0.2, 0.25) is 0 Å². The molecule has 1 aliphatic heterocycles. The Labute approximate surface area is 86.1 Å². The summed E-state index contributed by atoms with van der Waals surface area (Å²) in [5.74, 6) is 0.277. The summed E-state index contributed by atoms with van der Waals surface area (Å²) in [5, 5.41) is 9.19. The molecule has 1 N–H and O–H groups in total. The molecular formula is C11H21NO2. The number of hydrogen-bond acceptors (Lipinski definition) is 3. The summed E-state index contributed by atoms with van der Waals surface area (Å²) in [6.07, 6.45) is 3.60. The van der Waals surface area contributed by atoms with Crippen LogP contribution in [0.15, 0.2) is 0 Å². The molecule has 14 heavy (non-hydrogen) atoms. The highest BCUT2D eigenvalue weighted by Crippen LogP contribution is 2.20. The quantitative estimate of drug-likeness (QED) is 0.723. The highest BCUT2D eigenvalue weighted by atomic mass is 16.3. The zero-order chi connectivity index (χ0) is 10.6.